The van der Waals surface area contributed by atoms with Gasteiger partial charge in [-0.05, 0) is 47.7 Å². The Bertz CT molecular complexity index is 731. The van der Waals surface area contributed by atoms with Crippen LogP contribution >= 0.6 is 33.9 Å². The van der Waals surface area contributed by atoms with Gasteiger partial charge in [0.1, 0.15) is 0 Å². The third-order valence-electron chi connectivity index (χ3n) is 2.96. The van der Waals surface area contributed by atoms with Crippen molar-refractivity contribution in [2.45, 2.75) is 19.9 Å². The van der Waals surface area contributed by atoms with Gasteiger partial charge in [-0.2, -0.15) is 0 Å². The highest BCUT2D eigenvalue weighted by molar-refractivity contribution is 14.1. The van der Waals surface area contributed by atoms with E-state index in [1.165, 1.54) is 3.57 Å². The van der Waals surface area contributed by atoms with Crippen LogP contribution in [-0.2, 0) is 13.0 Å². The molecule has 1 aromatic carbocycles. The summed E-state index contributed by atoms with van der Waals surface area (Å²) in [5, 5.41) is 3.22. The summed E-state index contributed by atoms with van der Waals surface area (Å²) in [6.07, 6.45) is 0.889. The van der Waals surface area contributed by atoms with E-state index in [0.29, 0.717) is 5.95 Å². The van der Waals surface area contributed by atoms with Crippen molar-refractivity contribution in [3.05, 3.63) is 37.9 Å². The van der Waals surface area contributed by atoms with E-state index in [1.807, 2.05) is 6.92 Å². The molecule has 0 aliphatic carbocycles. The van der Waals surface area contributed by atoms with E-state index >= 15 is 0 Å². The number of benzene rings is 1. The van der Waals surface area contributed by atoms with Gasteiger partial charge in [0.25, 0.3) is 0 Å². The van der Waals surface area contributed by atoms with Crippen LogP contribution in [0.5, 0.6) is 0 Å². The molecule has 3 aromatic rings. The standard InChI is InChI=1S/C13H13IN4S/c1-8-7-19-12(16-8)4-5-18-11-3-2-9(14)6-10(11)17-13(18)15/h2-3,6-7H,4-5H2,1H3,(H2,15,17). The molecule has 0 atom stereocenters. The number of fused-ring (bicyclic) bond motifs is 1. The number of nitrogens with two attached hydrogens (primary N) is 1. The second-order valence-electron chi connectivity index (χ2n) is 4.39. The molecule has 4 nitrogen and oxygen atoms in total. The Labute approximate surface area is 128 Å². The first-order valence-electron chi connectivity index (χ1n) is 5.96. The number of aromatic nitrogens is 3. The zero-order valence-electron chi connectivity index (χ0n) is 10.4. The highest BCUT2D eigenvalue weighted by Crippen LogP contribution is 2.21. The number of imidazole rings is 1. The van der Waals surface area contributed by atoms with Crippen molar-refractivity contribution in [2.24, 2.45) is 0 Å². The quantitative estimate of drug-likeness (QED) is 0.706. The van der Waals surface area contributed by atoms with Crippen LogP contribution < -0.4 is 5.73 Å². The molecular weight excluding hydrogens is 371 g/mol. The first-order chi connectivity index (χ1) is 9.13. The number of halogens is 1. The zero-order chi connectivity index (χ0) is 13.4. The third-order valence-corrected chi connectivity index (χ3v) is 4.65. The predicted molar refractivity (Wildman–Crippen MR) is 87.4 cm³/mol. The van der Waals surface area contributed by atoms with E-state index in [-0.39, 0.29) is 0 Å². The van der Waals surface area contributed by atoms with Gasteiger partial charge >= 0.3 is 0 Å². The lowest BCUT2D eigenvalue weighted by atomic mass is 10.3. The summed E-state index contributed by atoms with van der Waals surface area (Å²) in [5.41, 5.74) is 9.13. The summed E-state index contributed by atoms with van der Waals surface area (Å²) in [7, 11) is 0. The number of nitrogens with zero attached hydrogens (tertiary/aromatic N) is 3. The molecule has 19 heavy (non-hydrogen) atoms. The number of hydrogen-bond acceptors (Lipinski definition) is 4. The van der Waals surface area contributed by atoms with Crippen molar-refractivity contribution < 1.29 is 0 Å². The minimum absolute atomic E-state index is 0.574. The summed E-state index contributed by atoms with van der Waals surface area (Å²) in [6.45, 7) is 2.83. The monoisotopic (exact) mass is 384 g/mol. The van der Waals surface area contributed by atoms with Gasteiger partial charge in [0.15, 0.2) is 0 Å². The van der Waals surface area contributed by atoms with E-state index in [9.17, 15) is 0 Å². The third kappa shape index (κ3) is 2.59. The second kappa shape index (κ2) is 5.09. The van der Waals surface area contributed by atoms with Gasteiger partial charge in [0, 0.05) is 27.6 Å². The van der Waals surface area contributed by atoms with Crippen LogP contribution in [-0.4, -0.2) is 14.5 Å². The average Bonchev–Trinajstić information content (AvgIpc) is 2.89. The summed E-state index contributed by atoms with van der Waals surface area (Å²) in [4.78, 5) is 8.89. The van der Waals surface area contributed by atoms with Crippen LogP contribution in [0.15, 0.2) is 23.6 Å². The Kier molecular flexibility index (Phi) is 3.44. The number of anilines is 1. The predicted octanol–water partition coefficient (Wildman–Crippen LogP) is 3.23. The molecule has 2 N–H and O–H groups in total. The molecule has 2 heterocycles. The Hall–Kier alpha value is -1.15. The molecule has 0 spiro atoms. The highest BCUT2D eigenvalue weighted by Gasteiger charge is 2.09. The van der Waals surface area contributed by atoms with Crippen LogP contribution in [0.25, 0.3) is 11.0 Å². The van der Waals surface area contributed by atoms with Crippen LogP contribution in [0.3, 0.4) is 0 Å². The molecule has 0 saturated carbocycles. The van der Waals surface area contributed by atoms with Crippen molar-refractivity contribution in [3.63, 3.8) is 0 Å². The number of hydrogen-bond donors (Lipinski definition) is 1. The Morgan fingerprint density at radius 2 is 2.21 bits per heavy atom. The molecule has 0 unspecified atom stereocenters. The molecule has 0 amide bonds. The van der Waals surface area contributed by atoms with Crippen LogP contribution in [0, 0.1) is 10.5 Å². The molecule has 2 aromatic heterocycles. The summed E-state index contributed by atoms with van der Waals surface area (Å²) in [5.74, 6) is 0.574. The van der Waals surface area contributed by atoms with E-state index in [1.54, 1.807) is 11.3 Å². The fourth-order valence-corrected chi connectivity index (χ4v) is 3.32. The average molecular weight is 384 g/mol. The molecule has 3 rings (SSSR count). The van der Waals surface area contributed by atoms with E-state index in [2.05, 4.69) is 60.7 Å². The molecule has 0 saturated heterocycles. The molecular formula is C13H13IN4S. The lowest BCUT2D eigenvalue weighted by molar-refractivity contribution is 0.721. The zero-order valence-corrected chi connectivity index (χ0v) is 13.4. The van der Waals surface area contributed by atoms with Crippen LogP contribution in [0.2, 0.25) is 0 Å². The first kappa shape index (κ1) is 12.9. The maximum absolute atomic E-state index is 6.01. The highest BCUT2D eigenvalue weighted by atomic mass is 127. The largest absolute Gasteiger partial charge is 0.369 e. The summed E-state index contributed by atoms with van der Waals surface area (Å²) < 4.78 is 3.23. The Balaban J connectivity index is 1.90. The molecule has 0 aliphatic rings. The van der Waals surface area contributed by atoms with Crippen molar-refractivity contribution in [1.29, 1.82) is 0 Å². The fraction of sp³-hybridized carbons (Fsp3) is 0.231. The molecule has 0 fully saturated rings. The van der Waals surface area contributed by atoms with Crippen molar-refractivity contribution in [3.8, 4) is 0 Å². The van der Waals surface area contributed by atoms with Gasteiger partial charge in [0.2, 0.25) is 5.95 Å². The van der Waals surface area contributed by atoms with Gasteiger partial charge in [-0.25, -0.2) is 9.97 Å². The number of aryl methyl sites for hydroxylation is 3. The number of thiazole rings is 1. The van der Waals surface area contributed by atoms with Gasteiger partial charge in [-0.15, -0.1) is 11.3 Å². The minimum atomic E-state index is 0.574. The van der Waals surface area contributed by atoms with Crippen molar-refractivity contribution in [1.82, 2.24) is 14.5 Å². The first-order valence-corrected chi connectivity index (χ1v) is 7.91. The van der Waals surface area contributed by atoms with Crippen LogP contribution in [0.1, 0.15) is 10.7 Å². The van der Waals surface area contributed by atoms with Crippen molar-refractivity contribution >= 4 is 50.9 Å². The Morgan fingerprint density at radius 3 is 2.95 bits per heavy atom. The van der Waals surface area contributed by atoms with Gasteiger partial charge < -0.3 is 10.3 Å². The molecule has 0 aliphatic heterocycles. The molecule has 98 valence electrons. The van der Waals surface area contributed by atoms with E-state index in [4.69, 9.17) is 5.73 Å². The van der Waals surface area contributed by atoms with Gasteiger partial charge in [-0.1, -0.05) is 0 Å². The SMILES string of the molecule is Cc1csc(CCn2c(N)nc3cc(I)ccc32)n1. The summed E-state index contributed by atoms with van der Waals surface area (Å²) >= 11 is 3.98. The van der Waals surface area contributed by atoms with Gasteiger partial charge in [-0.3, -0.25) is 0 Å². The molecule has 0 bridgehead atoms. The summed E-state index contributed by atoms with van der Waals surface area (Å²) in [6, 6.07) is 6.21. The lowest BCUT2D eigenvalue weighted by Gasteiger charge is -2.04. The normalized spacial score (nSPS) is 11.3. The van der Waals surface area contributed by atoms with Crippen molar-refractivity contribution in [2.75, 3.05) is 5.73 Å². The second-order valence-corrected chi connectivity index (χ2v) is 6.58. The fourth-order valence-electron chi connectivity index (χ4n) is 2.08. The van der Waals surface area contributed by atoms with Gasteiger partial charge in [0.05, 0.1) is 16.0 Å². The maximum atomic E-state index is 6.01. The van der Waals surface area contributed by atoms with Crippen LogP contribution in [0.4, 0.5) is 5.95 Å². The number of rotatable bonds is 3. The maximum Gasteiger partial charge on any atom is 0.201 e. The Morgan fingerprint density at radius 1 is 1.37 bits per heavy atom. The van der Waals surface area contributed by atoms with E-state index < -0.39 is 0 Å². The van der Waals surface area contributed by atoms with E-state index in [0.717, 1.165) is 34.7 Å². The minimum Gasteiger partial charge on any atom is -0.369 e. The molecule has 0 radical (unpaired) electrons. The topological polar surface area (TPSA) is 56.7 Å². The smallest absolute Gasteiger partial charge is 0.201 e. The molecule has 6 heteroatoms. The lowest BCUT2D eigenvalue weighted by Crippen LogP contribution is -2.05. The number of nitrogen functional groups attached to an aromatic ring is 1.